The molecule has 1 amide bonds. The molecule has 1 rings (SSSR count). The van der Waals surface area contributed by atoms with Crippen LogP contribution in [0.15, 0.2) is 18.2 Å². The van der Waals surface area contributed by atoms with Crippen molar-refractivity contribution in [3.63, 3.8) is 0 Å². The third kappa shape index (κ3) is 5.99. The fourth-order valence-electron chi connectivity index (χ4n) is 2.42. The summed E-state index contributed by atoms with van der Waals surface area (Å²) in [5.41, 5.74) is 0.186. The molecule has 0 saturated carbocycles. The summed E-state index contributed by atoms with van der Waals surface area (Å²) in [4.78, 5) is 34.5. The first kappa shape index (κ1) is 21.4. The first-order valence-electron chi connectivity index (χ1n) is 8.07. The molecule has 0 bridgehead atoms. The van der Waals surface area contributed by atoms with Crippen LogP contribution in [0.1, 0.15) is 25.8 Å². The first-order valence-corrected chi connectivity index (χ1v) is 8.07. The number of hydrogen-bond donors (Lipinski definition) is 2. The van der Waals surface area contributed by atoms with Gasteiger partial charge >= 0.3 is 5.97 Å². The van der Waals surface area contributed by atoms with Crippen LogP contribution in [0.2, 0.25) is 0 Å². The highest BCUT2D eigenvalue weighted by molar-refractivity contribution is 5.87. The number of nitro benzene ring substituents is 1. The lowest BCUT2D eigenvalue weighted by atomic mass is 10.0. The van der Waals surface area contributed by atoms with Crippen LogP contribution in [0, 0.1) is 16.0 Å². The molecule has 9 nitrogen and oxygen atoms in total. The van der Waals surface area contributed by atoms with Gasteiger partial charge in [0.05, 0.1) is 19.1 Å². The van der Waals surface area contributed by atoms with Gasteiger partial charge in [0.2, 0.25) is 5.91 Å². The van der Waals surface area contributed by atoms with Crippen LogP contribution in [0.3, 0.4) is 0 Å². The van der Waals surface area contributed by atoms with Crippen LogP contribution < -0.4 is 10.1 Å². The van der Waals surface area contributed by atoms with Crippen molar-refractivity contribution in [2.75, 3.05) is 14.2 Å². The second-order valence-corrected chi connectivity index (χ2v) is 6.19. The number of carbonyl (C=O) groups excluding carboxylic acids is 2. The zero-order valence-electron chi connectivity index (χ0n) is 15.2. The molecule has 0 aromatic heterocycles. The molecule has 144 valence electrons. The molecule has 26 heavy (non-hydrogen) atoms. The smallest absolute Gasteiger partial charge is 0.328 e. The number of non-ortho nitro benzene ring substituents is 1. The number of ether oxygens (including phenoxy) is 2. The molecule has 1 aromatic rings. The SMILES string of the molecule is COC(=O)[C@@H](Cc1cc([N+](=O)[O-])ccc1OC)NC(=O)[C@H](O)CC(C)C. The second kappa shape index (κ2) is 9.71. The number of nitrogens with zero attached hydrogens (tertiary/aromatic N) is 1. The van der Waals surface area contributed by atoms with Gasteiger partial charge in [-0.2, -0.15) is 0 Å². The standard InChI is InChI=1S/C17H24N2O7/c1-10(2)7-14(20)16(21)18-13(17(22)26-4)9-11-8-12(19(23)24)5-6-15(11)25-3/h5-6,8,10,13-14,20H,7,9H2,1-4H3,(H,18,21)/t13-,14-/m1/s1. The Labute approximate surface area is 151 Å². The van der Waals surface area contributed by atoms with Gasteiger partial charge in [-0.05, 0) is 18.4 Å². The van der Waals surface area contributed by atoms with Crippen molar-refractivity contribution in [3.05, 3.63) is 33.9 Å². The molecular formula is C17H24N2O7. The molecule has 0 spiro atoms. The summed E-state index contributed by atoms with van der Waals surface area (Å²) in [6.45, 7) is 3.70. The summed E-state index contributed by atoms with van der Waals surface area (Å²) in [7, 11) is 2.56. The normalized spacial score (nSPS) is 13.0. The third-order valence-corrected chi connectivity index (χ3v) is 3.70. The number of methoxy groups -OCH3 is 2. The fourth-order valence-corrected chi connectivity index (χ4v) is 2.42. The predicted octanol–water partition coefficient (Wildman–Crippen LogP) is 1.21. The summed E-state index contributed by atoms with van der Waals surface area (Å²) >= 11 is 0. The monoisotopic (exact) mass is 368 g/mol. The van der Waals surface area contributed by atoms with E-state index in [2.05, 4.69) is 10.1 Å². The van der Waals surface area contributed by atoms with Crippen LogP contribution in [0.5, 0.6) is 5.75 Å². The number of aliphatic hydroxyl groups excluding tert-OH is 1. The lowest BCUT2D eigenvalue weighted by Gasteiger charge is -2.20. The van der Waals surface area contributed by atoms with Crippen LogP contribution in [0.4, 0.5) is 5.69 Å². The summed E-state index contributed by atoms with van der Waals surface area (Å²) in [6.07, 6.45) is -1.12. The highest BCUT2D eigenvalue weighted by Gasteiger charge is 2.27. The quantitative estimate of drug-likeness (QED) is 0.381. The highest BCUT2D eigenvalue weighted by Crippen LogP contribution is 2.25. The number of nitro groups is 1. The van der Waals surface area contributed by atoms with Gasteiger partial charge in [-0.1, -0.05) is 13.8 Å². The van der Waals surface area contributed by atoms with Gasteiger partial charge in [0.25, 0.3) is 5.69 Å². The van der Waals surface area contributed by atoms with E-state index >= 15 is 0 Å². The van der Waals surface area contributed by atoms with E-state index < -0.39 is 28.9 Å². The van der Waals surface area contributed by atoms with E-state index in [9.17, 15) is 24.8 Å². The van der Waals surface area contributed by atoms with Gasteiger partial charge in [0.1, 0.15) is 17.9 Å². The summed E-state index contributed by atoms with van der Waals surface area (Å²) in [5.74, 6) is -1.02. The minimum absolute atomic E-state index is 0.0856. The molecule has 0 aliphatic heterocycles. The Kier molecular flexibility index (Phi) is 7.98. The highest BCUT2D eigenvalue weighted by atomic mass is 16.6. The Morgan fingerprint density at radius 3 is 2.46 bits per heavy atom. The molecule has 1 aromatic carbocycles. The molecule has 2 atom stereocenters. The number of carbonyl (C=O) groups is 2. The maximum atomic E-state index is 12.1. The second-order valence-electron chi connectivity index (χ2n) is 6.19. The molecule has 0 aliphatic rings. The maximum absolute atomic E-state index is 12.1. The third-order valence-electron chi connectivity index (χ3n) is 3.70. The molecule has 0 fully saturated rings. The molecule has 0 heterocycles. The van der Waals surface area contributed by atoms with E-state index in [1.54, 1.807) is 0 Å². The number of hydrogen-bond acceptors (Lipinski definition) is 7. The van der Waals surface area contributed by atoms with Crippen molar-refractivity contribution in [1.29, 1.82) is 0 Å². The number of esters is 1. The van der Waals surface area contributed by atoms with Gasteiger partial charge in [-0.15, -0.1) is 0 Å². The summed E-state index contributed by atoms with van der Waals surface area (Å²) in [5, 5.41) is 23.3. The number of benzene rings is 1. The fraction of sp³-hybridized carbons (Fsp3) is 0.529. The van der Waals surface area contributed by atoms with E-state index in [0.29, 0.717) is 11.3 Å². The van der Waals surface area contributed by atoms with Crippen molar-refractivity contribution < 1.29 is 29.1 Å². The van der Waals surface area contributed by atoms with Gasteiger partial charge in [-0.25, -0.2) is 4.79 Å². The molecule has 0 unspecified atom stereocenters. The van der Waals surface area contributed by atoms with Crippen molar-refractivity contribution in [1.82, 2.24) is 5.32 Å². The Hall–Kier alpha value is -2.68. The van der Waals surface area contributed by atoms with Crippen molar-refractivity contribution in [2.24, 2.45) is 5.92 Å². The average molecular weight is 368 g/mol. The van der Waals surface area contributed by atoms with E-state index in [0.717, 1.165) is 7.11 Å². The molecule has 0 aliphatic carbocycles. The largest absolute Gasteiger partial charge is 0.496 e. The van der Waals surface area contributed by atoms with Crippen molar-refractivity contribution in [2.45, 2.75) is 38.8 Å². The maximum Gasteiger partial charge on any atom is 0.328 e. The van der Waals surface area contributed by atoms with Gasteiger partial charge in [0, 0.05) is 24.1 Å². The minimum Gasteiger partial charge on any atom is -0.496 e. The number of aliphatic hydroxyl groups is 1. The Morgan fingerprint density at radius 2 is 1.96 bits per heavy atom. The topological polar surface area (TPSA) is 128 Å². The zero-order valence-corrected chi connectivity index (χ0v) is 15.2. The van der Waals surface area contributed by atoms with E-state index in [4.69, 9.17) is 4.74 Å². The van der Waals surface area contributed by atoms with Crippen LogP contribution >= 0.6 is 0 Å². The van der Waals surface area contributed by atoms with Crippen LogP contribution in [0.25, 0.3) is 0 Å². The van der Waals surface area contributed by atoms with Gasteiger partial charge in [-0.3, -0.25) is 14.9 Å². The lowest BCUT2D eigenvalue weighted by Crippen LogP contribution is -2.47. The van der Waals surface area contributed by atoms with Crippen molar-refractivity contribution >= 4 is 17.6 Å². The van der Waals surface area contributed by atoms with Gasteiger partial charge in [0.15, 0.2) is 0 Å². The Morgan fingerprint density at radius 1 is 1.31 bits per heavy atom. The molecule has 2 N–H and O–H groups in total. The van der Waals surface area contributed by atoms with E-state index in [-0.39, 0.29) is 24.4 Å². The Balaban J connectivity index is 3.05. The van der Waals surface area contributed by atoms with E-state index in [1.165, 1.54) is 25.3 Å². The van der Waals surface area contributed by atoms with Gasteiger partial charge < -0.3 is 19.9 Å². The first-order chi connectivity index (χ1) is 12.2. The molecule has 0 saturated heterocycles. The average Bonchev–Trinajstić information content (AvgIpc) is 2.59. The minimum atomic E-state index is -1.27. The van der Waals surface area contributed by atoms with Crippen LogP contribution in [-0.4, -0.2) is 48.3 Å². The molecule has 9 heteroatoms. The number of amides is 1. The van der Waals surface area contributed by atoms with E-state index in [1.807, 2.05) is 13.8 Å². The van der Waals surface area contributed by atoms with Crippen LogP contribution in [-0.2, 0) is 20.7 Å². The number of nitrogens with one attached hydrogen (secondary N) is 1. The zero-order chi connectivity index (χ0) is 19.9. The molecule has 0 radical (unpaired) electrons. The number of rotatable bonds is 9. The molecular weight excluding hydrogens is 344 g/mol. The summed E-state index contributed by atoms with van der Waals surface area (Å²) < 4.78 is 9.85. The summed E-state index contributed by atoms with van der Waals surface area (Å²) in [6, 6.07) is 2.84. The predicted molar refractivity (Wildman–Crippen MR) is 92.8 cm³/mol. The lowest BCUT2D eigenvalue weighted by molar-refractivity contribution is -0.384. The Bertz CT molecular complexity index is 661. The van der Waals surface area contributed by atoms with Crippen molar-refractivity contribution in [3.8, 4) is 5.75 Å².